The second kappa shape index (κ2) is 9.74. The van der Waals surface area contributed by atoms with E-state index in [0.29, 0.717) is 30.2 Å². The van der Waals surface area contributed by atoms with Crippen LogP contribution in [0, 0.1) is 5.92 Å². The SMILES string of the molecule is CCCOc1ccc(NC(=O)[C@](C)(OCCC)C2CC2)cc1C(=O)OCC. The molecule has 1 aliphatic carbocycles. The molecule has 150 valence electrons. The van der Waals surface area contributed by atoms with Crippen molar-refractivity contribution >= 4 is 17.6 Å². The monoisotopic (exact) mass is 377 g/mol. The van der Waals surface area contributed by atoms with E-state index in [4.69, 9.17) is 14.2 Å². The van der Waals surface area contributed by atoms with Gasteiger partial charge in [0, 0.05) is 12.3 Å². The van der Waals surface area contributed by atoms with E-state index in [1.807, 2.05) is 20.8 Å². The number of amides is 1. The third kappa shape index (κ3) is 5.45. The van der Waals surface area contributed by atoms with Crippen molar-refractivity contribution in [2.75, 3.05) is 25.1 Å². The summed E-state index contributed by atoms with van der Waals surface area (Å²) in [5.41, 5.74) is -0.0121. The van der Waals surface area contributed by atoms with Gasteiger partial charge in [-0.3, -0.25) is 4.79 Å². The summed E-state index contributed by atoms with van der Waals surface area (Å²) in [7, 11) is 0. The number of rotatable bonds is 11. The Kier molecular flexibility index (Phi) is 7.66. The van der Waals surface area contributed by atoms with Crippen LogP contribution >= 0.6 is 0 Å². The molecule has 1 amide bonds. The van der Waals surface area contributed by atoms with Gasteiger partial charge in [-0.25, -0.2) is 4.79 Å². The maximum atomic E-state index is 12.9. The van der Waals surface area contributed by atoms with Gasteiger partial charge in [0.15, 0.2) is 0 Å². The van der Waals surface area contributed by atoms with Gasteiger partial charge in [0.05, 0.1) is 13.2 Å². The van der Waals surface area contributed by atoms with E-state index in [1.165, 1.54) is 0 Å². The standard InChI is InChI=1S/C21H31NO5/c1-5-12-26-18-11-10-16(14-17(18)19(23)25-7-3)22-20(24)21(4,15-8-9-15)27-13-6-2/h10-11,14-15H,5-9,12-13H2,1-4H3,(H,22,24)/t21-/m1/s1. The molecule has 0 aliphatic heterocycles. The fourth-order valence-corrected chi connectivity index (χ4v) is 2.89. The van der Waals surface area contributed by atoms with Gasteiger partial charge in [-0.1, -0.05) is 13.8 Å². The van der Waals surface area contributed by atoms with Gasteiger partial charge in [-0.2, -0.15) is 0 Å². The van der Waals surface area contributed by atoms with Crippen LogP contribution in [0.25, 0.3) is 0 Å². The molecule has 1 saturated carbocycles. The molecule has 27 heavy (non-hydrogen) atoms. The van der Waals surface area contributed by atoms with E-state index in [2.05, 4.69) is 5.32 Å². The van der Waals surface area contributed by atoms with Crippen LogP contribution in [0.2, 0.25) is 0 Å². The molecule has 2 rings (SSSR count). The lowest BCUT2D eigenvalue weighted by atomic mass is 9.98. The number of hydrogen-bond donors (Lipinski definition) is 1. The molecule has 0 saturated heterocycles. The molecule has 0 aromatic heterocycles. The summed E-state index contributed by atoms with van der Waals surface area (Å²) in [5, 5.41) is 2.91. The Morgan fingerprint density at radius 3 is 2.44 bits per heavy atom. The molecule has 1 atom stereocenters. The van der Waals surface area contributed by atoms with E-state index >= 15 is 0 Å². The predicted molar refractivity (Wildman–Crippen MR) is 104 cm³/mol. The van der Waals surface area contributed by atoms with E-state index in [9.17, 15) is 9.59 Å². The van der Waals surface area contributed by atoms with Crippen molar-refractivity contribution in [2.24, 2.45) is 5.92 Å². The summed E-state index contributed by atoms with van der Waals surface area (Å²) in [6.07, 6.45) is 3.67. The lowest BCUT2D eigenvalue weighted by Crippen LogP contribution is -2.45. The number of nitrogens with one attached hydrogen (secondary N) is 1. The Morgan fingerprint density at radius 2 is 1.85 bits per heavy atom. The first-order valence-corrected chi connectivity index (χ1v) is 9.85. The minimum atomic E-state index is -0.850. The summed E-state index contributed by atoms with van der Waals surface area (Å²) in [6, 6.07) is 5.03. The van der Waals surface area contributed by atoms with E-state index in [0.717, 1.165) is 25.7 Å². The van der Waals surface area contributed by atoms with Crippen molar-refractivity contribution < 1.29 is 23.8 Å². The lowest BCUT2D eigenvalue weighted by molar-refractivity contribution is -0.142. The Morgan fingerprint density at radius 1 is 1.15 bits per heavy atom. The molecule has 1 aliphatic rings. The molecule has 6 nitrogen and oxygen atoms in total. The van der Waals surface area contributed by atoms with Gasteiger partial charge >= 0.3 is 5.97 Å². The van der Waals surface area contributed by atoms with Crippen molar-refractivity contribution in [1.29, 1.82) is 0 Å². The van der Waals surface area contributed by atoms with E-state index in [1.54, 1.807) is 25.1 Å². The fourth-order valence-electron chi connectivity index (χ4n) is 2.89. The first-order chi connectivity index (χ1) is 13.0. The number of anilines is 1. The number of carbonyl (C=O) groups is 2. The zero-order valence-electron chi connectivity index (χ0n) is 16.8. The number of ether oxygens (including phenoxy) is 3. The largest absolute Gasteiger partial charge is 0.493 e. The van der Waals surface area contributed by atoms with Crippen molar-refractivity contribution in [3.8, 4) is 5.75 Å². The van der Waals surface area contributed by atoms with Gasteiger partial charge in [-0.15, -0.1) is 0 Å². The molecular formula is C21H31NO5. The topological polar surface area (TPSA) is 73.9 Å². The Bertz CT molecular complexity index is 656. The zero-order valence-corrected chi connectivity index (χ0v) is 16.8. The van der Waals surface area contributed by atoms with Gasteiger partial charge in [0.1, 0.15) is 16.9 Å². The molecule has 1 aromatic carbocycles. The number of hydrogen-bond acceptors (Lipinski definition) is 5. The molecule has 1 fully saturated rings. The second-order valence-corrected chi connectivity index (χ2v) is 6.96. The molecule has 6 heteroatoms. The van der Waals surface area contributed by atoms with Gasteiger partial charge < -0.3 is 19.5 Å². The molecule has 0 heterocycles. The van der Waals surface area contributed by atoms with Gasteiger partial charge in [0.25, 0.3) is 5.91 Å². The van der Waals surface area contributed by atoms with Crippen LogP contribution in [-0.2, 0) is 14.3 Å². The predicted octanol–water partition coefficient (Wildman–Crippen LogP) is 4.19. The second-order valence-electron chi connectivity index (χ2n) is 6.96. The number of benzene rings is 1. The minimum Gasteiger partial charge on any atom is -0.493 e. The van der Waals surface area contributed by atoms with Gasteiger partial charge in [0.2, 0.25) is 0 Å². The van der Waals surface area contributed by atoms with E-state index in [-0.39, 0.29) is 18.4 Å². The smallest absolute Gasteiger partial charge is 0.341 e. The third-order valence-electron chi connectivity index (χ3n) is 4.61. The van der Waals surface area contributed by atoms with Crippen molar-refractivity contribution in [3.63, 3.8) is 0 Å². The van der Waals surface area contributed by atoms with Crippen LogP contribution in [0.5, 0.6) is 5.75 Å². The Hall–Kier alpha value is -2.08. The minimum absolute atomic E-state index is 0.185. The Labute approximate surface area is 161 Å². The Balaban J connectivity index is 2.20. The molecule has 1 aromatic rings. The molecule has 0 bridgehead atoms. The first-order valence-electron chi connectivity index (χ1n) is 9.85. The summed E-state index contributed by atoms with van der Waals surface area (Å²) >= 11 is 0. The van der Waals surface area contributed by atoms with Crippen LogP contribution in [0.4, 0.5) is 5.69 Å². The molecular weight excluding hydrogens is 346 g/mol. The third-order valence-corrected chi connectivity index (χ3v) is 4.61. The quantitative estimate of drug-likeness (QED) is 0.586. The number of esters is 1. The summed E-state index contributed by atoms with van der Waals surface area (Å²) in [5.74, 6) is 0.0450. The highest BCUT2D eigenvalue weighted by molar-refractivity contribution is 6.00. The van der Waals surface area contributed by atoms with Crippen LogP contribution in [-0.4, -0.2) is 37.3 Å². The average molecular weight is 377 g/mol. The summed E-state index contributed by atoms with van der Waals surface area (Å²) in [4.78, 5) is 25.2. The maximum Gasteiger partial charge on any atom is 0.341 e. The van der Waals surface area contributed by atoms with Crippen LogP contribution < -0.4 is 10.1 Å². The number of carbonyl (C=O) groups excluding carboxylic acids is 2. The van der Waals surface area contributed by atoms with Crippen molar-refractivity contribution in [2.45, 2.75) is 59.0 Å². The summed E-state index contributed by atoms with van der Waals surface area (Å²) < 4.78 is 16.7. The van der Waals surface area contributed by atoms with Crippen LogP contribution in [0.3, 0.4) is 0 Å². The highest BCUT2D eigenvalue weighted by Gasteiger charge is 2.48. The van der Waals surface area contributed by atoms with Gasteiger partial charge in [-0.05, 0) is 63.6 Å². The first kappa shape index (κ1) is 21.2. The zero-order chi connectivity index (χ0) is 19.9. The average Bonchev–Trinajstić information content (AvgIpc) is 3.50. The van der Waals surface area contributed by atoms with E-state index < -0.39 is 11.6 Å². The fraction of sp³-hybridized carbons (Fsp3) is 0.619. The van der Waals surface area contributed by atoms with Crippen LogP contribution in [0.15, 0.2) is 18.2 Å². The molecule has 0 spiro atoms. The highest BCUT2D eigenvalue weighted by Crippen LogP contribution is 2.42. The molecule has 0 radical (unpaired) electrons. The van der Waals surface area contributed by atoms with Crippen molar-refractivity contribution in [3.05, 3.63) is 23.8 Å². The molecule has 0 unspecified atom stereocenters. The van der Waals surface area contributed by atoms with Crippen LogP contribution in [0.1, 0.15) is 63.7 Å². The normalized spacial score (nSPS) is 15.7. The van der Waals surface area contributed by atoms with Crippen molar-refractivity contribution in [1.82, 2.24) is 0 Å². The lowest BCUT2D eigenvalue weighted by Gasteiger charge is -2.28. The highest BCUT2D eigenvalue weighted by atomic mass is 16.5. The summed E-state index contributed by atoms with van der Waals surface area (Å²) in [6.45, 7) is 8.93. The maximum absolute atomic E-state index is 12.9. The molecule has 1 N–H and O–H groups in total.